The summed E-state index contributed by atoms with van der Waals surface area (Å²) in [5, 5.41) is 13.2. The van der Waals surface area contributed by atoms with Gasteiger partial charge in [-0.05, 0) is 25.2 Å². The number of hydrogen-bond donors (Lipinski definition) is 1. The van der Waals surface area contributed by atoms with Crippen molar-refractivity contribution < 1.29 is 14.6 Å². The summed E-state index contributed by atoms with van der Waals surface area (Å²) in [5.74, 6) is -0.149. The van der Waals surface area contributed by atoms with Crippen molar-refractivity contribution in [2.24, 2.45) is 11.8 Å². The Kier molecular flexibility index (Phi) is 3.49. The van der Waals surface area contributed by atoms with Gasteiger partial charge in [-0.1, -0.05) is 6.92 Å². The molecule has 1 aromatic rings. The van der Waals surface area contributed by atoms with Crippen LogP contribution in [0.25, 0.3) is 0 Å². The van der Waals surface area contributed by atoms with Crippen LogP contribution in [-0.4, -0.2) is 23.2 Å². The number of rotatable bonds is 2. The van der Waals surface area contributed by atoms with Crippen molar-refractivity contribution >= 4 is 17.3 Å². The van der Waals surface area contributed by atoms with E-state index in [4.69, 9.17) is 4.74 Å². The van der Waals surface area contributed by atoms with Crippen LogP contribution in [0.3, 0.4) is 0 Å². The third kappa shape index (κ3) is 2.35. The number of nitrogens with zero attached hydrogens (tertiary/aromatic N) is 1. The maximum absolute atomic E-state index is 11.6. The highest BCUT2D eigenvalue weighted by molar-refractivity contribution is 7.09. The summed E-state index contributed by atoms with van der Waals surface area (Å²) in [5.41, 5.74) is -0.863. The summed E-state index contributed by atoms with van der Waals surface area (Å²) in [4.78, 5) is 15.7. The minimum absolute atomic E-state index is 0.0970. The first-order valence-electron chi connectivity index (χ1n) is 5.77. The number of esters is 1. The maximum atomic E-state index is 11.6. The lowest BCUT2D eigenvalue weighted by molar-refractivity contribution is -0.151. The molecule has 1 fully saturated rings. The number of aromatic nitrogens is 1. The zero-order chi connectivity index (χ0) is 12.5. The van der Waals surface area contributed by atoms with Crippen LogP contribution in [0.15, 0.2) is 11.6 Å². The van der Waals surface area contributed by atoms with Crippen molar-refractivity contribution in [2.75, 3.05) is 7.11 Å². The summed E-state index contributed by atoms with van der Waals surface area (Å²) in [7, 11) is 1.41. The Morgan fingerprint density at radius 3 is 3.00 bits per heavy atom. The fourth-order valence-electron chi connectivity index (χ4n) is 2.60. The van der Waals surface area contributed by atoms with Crippen molar-refractivity contribution in [1.82, 2.24) is 4.98 Å². The quantitative estimate of drug-likeness (QED) is 0.820. The van der Waals surface area contributed by atoms with Gasteiger partial charge in [0, 0.05) is 11.6 Å². The summed E-state index contributed by atoms with van der Waals surface area (Å²) in [6.07, 6.45) is 3.50. The molecular weight excluding hydrogens is 238 g/mol. The molecule has 1 heterocycles. The molecule has 1 aliphatic carbocycles. The fourth-order valence-corrected chi connectivity index (χ4v) is 3.38. The molecule has 5 heteroatoms. The van der Waals surface area contributed by atoms with Crippen LogP contribution in [-0.2, 0) is 15.1 Å². The molecule has 0 amide bonds. The monoisotopic (exact) mass is 255 g/mol. The molecule has 1 aromatic heterocycles. The predicted molar refractivity (Wildman–Crippen MR) is 64.5 cm³/mol. The van der Waals surface area contributed by atoms with Gasteiger partial charge in [-0.3, -0.25) is 4.79 Å². The Labute approximate surface area is 105 Å². The van der Waals surface area contributed by atoms with Gasteiger partial charge < -0.3 is 9.84 Å². The van der Waals surface area contributed by atoms with Gasteiger partial charge in [0.05, 0.1) is 13.0 Å². The lowest BCUT2D eigenvalue weighted by atomic mass is 9.72. The minimum Gasteiger partial charge on any atom is -0.469 e. The Morgan fingerprint density at radius 1 is 1.71 bits per heavy atom. The zero-order valence-electron chi connectivity index (χ0n) is 10.0. The summed E-state index contributed by atoms with van der Waals surface area (Å²) in [6, 6.07) is 0. The molecule has 17 heavy (non-hydrogen) atoms. The molecule has 0 radical (unpaired) electrons. The van der Waals surface area contributed by atoms with Gasteiger partial charge >= 0.3 is 5.97 Å². The second-order valence-corrected chi connectivity index (χ2v) is 5.61. The number of methoxy groups -OCH3 is 1. The van der Waals surface area contributed by atoms with E-state index in [1.54, 1.807) is 6.20 Å². The fraction of sp³-hybridized carbons (Fsp3) is 0.667. The second-order valence-electron chi connectivity index (χ2n) is 4.72. The van der Waals surface area contributed by atoms with Crippen LogP contribution >= 0.6 is 11.3 Å². The third-order valence-corrected chi connectivity index (χ3v) is 4.52. The number of ether oxygens (including phenoxy) is 1. The SMILES string of the molecule is COC(=O)[C@@H]1CC[C@@](O)(c2nccs2)C[C@@H]1C. The molecule has 0 bridgehead atoms. The summed E-state index contributed by atoms with van der Waals surface area (Å²) in [6.45, 7) is 1.99. The highest BCUT2D eigenvalue weighted by Crippen LogP contribution is 2.43. The van der Waals surface area contributed by atoms with Crippen molar-refractivity contribution in [3.05, 3.63) is 16.6 Å². The molecule has 2 rings (SSSR count). The third-order valence-electron chi connectivity index (χ3n) is 3.55. The average molecular weight is 255 g/mol. The first-order valence-corrected chi connectivity index (χ1v) is 6.65. The van der Waals surface area contributed by atoms with Gasteiger partial charge in [0.25, 0.3) is 0 Å². The van der Waals surface area contributed by atoms with E-state index < -0.39 is 5.60 Å². The minimum atomic E-state index is -0.863. The van der Waals surface area contributed by atoms with Gasteiger partial charge in [0.2, 0.25) is 0 Å². The van der Waals surface area contributed by atoms with Crippen LogP contribution in [0.2, 0.25) is 0 Å². The Balaban J connectivity index is 2.11. The zero-order valence-corrected chi connectivity index (χ0v) is 10.9. The van der Waals surface area contributed by atoms with Gasteiger partial charge in [-0.2, -0.15) is 0 Å². The maximum Gasteiger partial charge on any atom is 0.308 e. The lowest BCUT2D eigenvalue weighted by Gasteiger charge is -2.37. The van der Waals surface area contributed by atoms with Gasteiger partial charge in [0.1, 0.15) is 10.6 Å². The highest BCUT2D eigenvalue weighted by Gasteiger charge is 2.43. The molecule has 0 saturated heterocycles. The lowest BCUT2D eigenvalue weighted by Crippen LogP contribution is -2.39. The van der Waals surface area contributed by atoms with E-state index in [0.717, 1.165) is 5.01 Å². The van der Waals surface area contributed by atoms with E-state index in [1.807, 2.05) is 12.3 Å². The van der Waals surface area contributed by atoms with E-state index in [1.165, 1.54) is 18.4 Å². The van der Waals surface area contributed by atoms with Gasteiger partial charge in [0.15, 0.2) is 0 Å². The van der Waals surface area contributed by atoms with Crippen LogP contribution in [0.4, 0.5) is 0 Å². The van der Waals surface area contributed by atoms with E-state index in [2.05, 4.69) is 4.98 Å². The molecule has 0 aromatic carbocycles. The van der Waals surface area contributed by atoms with E-state index in [-0.39, 0.29) is 17.8 Å². The summed E-state index contributed by atoms with van der Waals surface area (Å²) < 4.78 is 4.79. The molecule has 0 spiro atoms. The van der Waals surface area contributed by atoms with Crippen LogP contribution in [0.5, 0.6) is 0 Å². The Hall–Kier alpha value is -0.940. The van der Waals surface area contributed by atoms with Crippen molar-refractivity contribution in [3.8, 4) is 0 Å². The normalized spacial score (nSPS) is 33.4. The largest absolute Gasteiger partial charge is 0.469 e. The predicted octanol–water partition coefficient (Wildman–Crippen LogP) is 1.94. The number of carbonyl (C=O) groups is 1. The number of hydrogen-bond acceptors (Lipinski definition) is 5. The number of carbonyl (C=O) groups excluding carboxylic acids is 1. The molecule has 0 aliphatic heterocycles. The molecule has 3 atom stereocenters. The van der Waals surface area contributed by atoms with Crippen molar-refractivity contribution in [2.45, 2.75) is 31.8 Å². The van der Waals surface area contributed by atoms with Crippen molar-refractivity contribution in [3.63, 3.8) is 0 Å². The van der Waals surface area contributed by atoms with Gasteiger partial charge in [-0.15, -0.1) is 11.3 Å². The number of aliphatic hydroxyl groups is 1. The van der Waals surface area contributed by atoms with Gasteiger partial charge in [-0.25, -0.2) is 4.98 Å². The Bertz CT molecular complexity index is 392. The van der Waals surface area contributed by atoms with Crippen LogP contribution < -0.4 is 0 Å². The standard InChI is InChI=1S/C12H17NO3S/c1-8-7-12(15,11-13-5-6-17-11)4-3-9(8)10(14)16-2/h5-6,8-9,15H,3-4,7H2,1-2H3/t8-,9+,12-/m0/s1. The van der Waals surface area contributed by atoms with Crippen molar-refractivity contribution in [1.29, 1.82) is 0 Å². The molecular formula is C12H17NO3S. The molecule has 94 valence electrons. The summed E-state index contributed by atoms with van der Waals surface area (Å²) >= 11 is 1.47. The topological polar surface area (TPSA) is 59.4 Å². The highest BCUT2D eigenvalue weighted by atomic mass is 32.1. The average Bonchev–Trinajstić information content (AvgIpc) is 2.82. The number of thiazole rings is 1. The first-order chi connectivity index (χ1) is 8.07. The first kappa shape index (κ1) is 12.5. The molecule has 1 aliphatic rings. The second kappa shape index (κ2) is 4.74. The molecule has 1 saturated carbocycles. The van der Waals surface area contributed by atoms with E-state index >= 15 is 0 Å². The van der Waals surface area contributed by atoms with E-state index in [0.29, 0.717) is 19.3 Å². The van der Waals surface area contributed by atoms with Crippen LogP contribution in [0.1, 0.15) is 31.2 Å². The smallest absolute Gasteiger partial charge is 0.308 e. The molecule has 4 nitrogen and oxygen atoms in total. The van der Waals surface area contributed by atoms with E-state index in [9.17, 15) is 9.90 Å². The Morgan fingerprint density at radius 2 is 2.47 bits per heavy atom. The molecule has 1 N–H and O–H groups in total. The molecule has 0 unspecified atom stereocenters. The van der Waals surface area contributed by atoms with Crippen LogP contribution in [0, 0.1) is 11.8 Å².